The number of benzene rings is 1. The van der Waals surface area contributed by atoms with Gasteiger partial charge >= 0.3 is 6.03 Å². The molecular weight excluding hydrogens is 411 g/mol. The number of amides is 2. The Hall–Kier alpha value is -4.29. The number of rotatable bonds is 2. The van der Waals surface area contributed by atoms with Gasteiger partial charge in [0.1, 0.15) is 5.69 Å². The molecule has 1 saturated heterocycles. The SMILES string of the molecule is O=C(Nc1cccc(C#Cc2cnc3cccnn23)c1F)N1OCC[C@H]1c1cccnc1. The molecule has 4 heterocycles. The van der Waals surface area contributed by atoms with Crippen molar-refractivity contribution < 1.29 is 14.0 Å². The van der Waals surface area contributed by atoms with Gasteiger partial charge in [-0.3, -0.25) is 9.82 Å². The molecule has 1 atom stereocenters. The molecule has 3 aromatic heterocycles. The van der Waals surface area contributed by atoms with Gasteiger partial charge in [0.15, 0.2) is 11.5 Å². The average molecular weight is 428 g/mol. The fraction of sp³-hybridized carbons (Fsp3) is 0.130. The lowest BCUT2D eigenvalue weighted by molar-refractivity contribution is -0.0830. The van der Waals surface area contributed by atoms with Crippen molar-refractivity contribution >= 4 is 17.4 Å². The highest BCUT2D eigenvalue weighted by Crippen LogP contribution is 2.30. The van der Waals surface area contributed by atoms with Gasteiger partial charge in [-0.25, -0.2) is 18.7 Å². The molecule has 1 fully saturated rings. The van der Waals surface area contributed by atoms with Crippen LogP contribution in [-0.2, 0) is 4.84 Å². The molecule has 8 nitrogen and oxygen atoms in total. The van der Waals surface area contributed by atoms with E-state index in [-0.39, 0.29) is 17.3 Å². The number of pyridine rings is 1. The molecule has 0 radical (unpaired) electrons. The zero-order chi connectivity index (χ0) is 21.9. The highest BCUT2D eigenvalue weighted by Gasteiger charge is 2.32. The molecule has 4 aromatic rings. The quantitative estimate of drug-likeness (QED) is 0.494. The standard InChI is InChI=1S/C23H17FN6O2/c24-22-16(8-9-18-15-26-21-7-3-12-27-29(18)21)4-1-6-19(22)28-23(31)30-20(10-13-32-30)17-5-2-11-25-14-17/h1-7,11-12,14-15,20H,10,13H2,(H,28,31)/t20-/m0/s1. The summed E-state index contributed by atoms with van der Waals surface area (Å²) in [4.78, 5) is 26.6. The number of carbonyl (C=O) groups is 1. The number of fused-ring (bicyclic) bond motifs is 1. The minimum atomic E-state index is -0.632. The van der Waals surface area contributed by atoms with Gasteiger partial charge in [0, 0.05) is 25.0 Å². The van der Waals surface area contributed by atoms with Crippen molar-refractivity contribution in [3.05, 3.63) is 89.9 Å². The third-order valence-electron chi connectivity index (χ3n) is 5.02. The lowest BCUT2D eigenvalue weighted by Gasteiger charge is -2.23. The fourth-order valence-corrected chi connectivity index (χ4v) is 3.49. The van der Waals surface area contributed by atoms with Gasteiger partial charge < -0.3 is 5.32 Å². The van der Waals surface area contributed by atoms with Crippen molar-refractivity contribution in [1.82, 2.24) is 24.6 Å². The Balaban J connectivity index is 1.37. The summed E-state index contributed by atoms with van der Waals surface area (Å²) in [6.07, 6.45) is 7.17. The summed E-state index contributed by atoms with van der Waals surface area (Å²) >= 11 is 0. The molecule has 158 valence electrons. The van der Waals surface area contributed by atoms with Crippen LogP contribution < -0.4 is 5.32 Å². The lowest BCUT2D eigenvalue weighted by atomic mass is 10.1. The zero-order valence-corrected chi connectivity index (χ0v) is 16.8. The summed E-state index contributed by atoms with van der Waals surface area (Å²) in [5.74, 6) is 5.05. The van der Waals surface area contributed by atoms with E-state index in [4.69, 9.17) is 4.84 Å². The molecule has 5 rings (SSSR count). The maximum Gasteiger partial charge on any atom is 0.346 e. The number of carbonyl (C=O) groups excluding carboxylic acids is 1. The van der Waals surface area contributed by atoms with Crippen LogP contribution in [0.15, 0.2) is 67.3 Å². The monoisotopic (exact) mass is 428 g/mol. The predicted molar refractivity (Wildman–Crippen MR) is 114 cm³/mol. The topological polar surface area (TPSA) is 84.7 Å². The maximum absolute atomic E-state index is 15.1. The van der Waals surface area contributed by atoms with Gasteiger partial charge in [-0.1, -0.05) is 18.1 Å². The van der Waals surface area contributed by atoms with Crippen LogP contribution in [-0.4, -0.2) is 37.3 Å². The summed E-state index contributed by atoms with van der Waals surface area (Å²) in [6, 6.07) is 11.0. The van der Waals surface area contributed by atoms with Crippen LogP contribution in [0.2, 0.25) is 0 Å². The molecule has 0 unspecified atom stereocenters. The van der Waals surface area contributed by atoms with E-state index in [1.54, 1.807) is 59.6 Å². The molecular formula is C23H17FN6O2. The van der Waals surface area contributed by atoms with Crippen LogP contribution in [0.4, 0.5) is 14.9 Å². The molecule has 0 bridgehead atoms. The minimum Gasteiger partial charge on any atom is -0.303 e. The number of hydroxylamine groups is 2. The lowest BCUT2D eigenvalue weighted by Crippen LogP contribution is -2.33. The van der Waals surface area contributed by atoms with Crippen molar-refractivity contribution in [2.75, 3.05) is 11.9 Å². The Morgan fingerprint density at radius 2 is 2.03 bits per heavy atom. The summed E-state index contributed by atoms with van der Waals surface area (Å²) < 4.78 is 16.6. The molecule has 2 amide bonds. The van der Waals surface area contributed by atoms with Crippen LogP contribution in [0, 0.1) is 17.7 Å². The van der Waals surface area contributed by atoms with Crippen LogP contribution in [0.3, 0.4) is 0 Å². The normalized spacial score (nSPS) is 15.4. The first-order valence-corrected chi connectivity index (χ1v) is 9.93. The van der Waals surface area contributed by atoms with E-state index >= 15 is 4.39 Å². The molecule has 1 N–H and O–H groups in total. The van der Waals surface area contributed by atoms with E-state index in [1.807, 2.05) is 6.07 Å². The Morgan fingerprint density at radius 3 is 2.91 bits per heavy atom. The number of nitrogens with zero attached hydrogens (tertiary/aromatic N) is 5. The molecule has 1 aliphatic heterocycles. The molecule has 0 saturated carbocycles. The summed E-state index contributed by atoms with van der Waals surface area (Å²) in [5.41, 5.74) is 2.17. The number of nitrogens with one attached hydrogen (secondary N) is 1. The Morgan fingerprint density at radius 1 is 1.12 bits per heavy atom. The number of imidazole rings is 1. The van der Waals surface area contributed by atoms with Crippen molar-refractivity contribution in [3.8, 4) is 11.8 Å². The zero-order valence-electron chi connectivity index (χ0n) is 16.8. The smallest absolute Gasteiger partial charge is 0.303 e. The minimum absolute atomic E-state index is 0.0125. The molecule has 1 aromatic carbocycles. The summed E-state index contributed by atoms with van der Waals surface area (Å²) in [6.45, 7) is 0.383. The van der Waals surface area contributed by atoms with E-state index in [9.17, 15) is 4.79 Å². The summed E-state index contributed by atoms with van der Waals surface area (Å²) in [7, 11) is 0. The van der Waals surface area contributed by atoms with Crippen molar-refractivity contribution in [2.45, 2.75) is 12.5 Å². The van der Waals surface area contributed by atoms with E-state index in [0.29, 0.717) is 24.4 Å². The highest BCUT2D eigenvalue weighted by molar-refractivity contribution is 5.89. The Kier molecular flexibility index (Phi) is 5.19. The van der Waals surface area contributed by atoms with Crippen LogP contribution >= 0.6 is 0 Å². The van der Waals surface area contributed by atoms with Crippen LogP contribution in [0.5, 0.6) is 0 Å². The van der Waals surface area contributed by atoms with Gasteiger partial charge in [-0.05, 0) is 41.8 Å². The molecule has 1 aliphatic rings. The second-order valence-corrected chi connectivity index (χ2v) is 7.03. The second-order valence-electron chi connectivity index (χ2n) is 7.03. The first kappa shape index (κ1) is 19.7. The Bertz CT molecular complexity index is 1340. The molecule has 9 heteroatoms. The predicted octanol–water partition coefficient (Wildman–Crippen LogP) is 3.57. The molecule has 0 aliphatic carbocycles. The average Bonchev–Trinajstić information content (AvgIpc) is 3.48. The summed E-state index contributed by atoms with van der Waals surface area (Å²) in [5, 5.41) is 7.99. The number of anilines is 1. The van der Waals surface area contributed by atoms with Gasteiger partial charge in [0.2, 0.25) is 0 Å². The number of halogens is 1. The number of hydrogen-bond donors (Lipinski definition) is 1. The fourth-order valence-electron chi connectivity index (χ4n) is 3.49. The van der Waals surface area contributed by atoms with Crippen molar-refractivity contribution in [2.24, 2.45) is 0 Å². The van der Waals surface area contributed by atoms with E-state index < -0.39 is 11.8 Å². The van der Waals surface area contributed by atoms with Crippen molar-refractivity contribution in [1.29, 1.82) is 0 Å². The van der Waals surface area contributed by atoms with Crippen molar-refractivity contribution in [3.63, 3.8) is 0 Å². The highest BCUT2D eigenvalue weighted by atomic mass is 19.1. The number of aromatic nitrogens is 4. The van der Waals surface area contributed by atoms with Gasteiger partial charge in [0.25, 0.3) is 0 Å². The molecule has 0 spiro atoms. The van der Waals surface area contributed by atoms with Gasteiger partial charge in [-0.2, -0.15) is 10.2 Å². The first-order valence-electron chi connectivity index (χ1n) is 9.93. The van der Waals surface area contributed by atoms with E-state index in [0.717, 1.165) is 5.56 Å². The van der Waals surface area contributed by atoms with E-state index in [1.165, 1.54) is 11.1 Å². The van der Waals surface area contributed by atoms with Crippen LogP contribution in [0.1, 0.15) is 29.3 Å². The Labute approximate surface area is 182 Å². The maximum atomic E-state index is 15.1. The largest absolute Gasteiger partial charge is 0.346 e. The van der Waals surface area contributed by atoms with E-state index in [2.05, 4.69) is 32.2 Å². The second kappa shape index (κ2) is 8.45. The third-order valence-corrected chi connectivity index (χ3v) is 5.02. The van der Waals surface area contributed by atoms with Gasteiger partial charge in [0.05, 0.1) is 30.1 Å². The third kappa shape index (κ3) is 3.75. The first-order chi connectivity index (χ1) is 15.7. The van der Waals surface area contributed by atoms with Crippen LogP contribution in [0.25, 0.3) is 5.65 Å². The number of urea groups is 1. The molecule has 32 heavy (non-hydrogen) atoms. The number of hydrogen-bond acceptors (Lipinski definition) is 5. The van der Waals surface area contributed by atoms with Gasteiger partial charge in [-0.15, -0.1) is 0 Å².